The van der Waals surface area contributed by atoms with E-state index < -0.39 is 0 Å². The van der Waals surface area contributed by atoms with Gasteiger partial charge in [-0.1, -0.05) is 25.8 Å². The monoisotopic (exact) mass is 228 g/mol. The Balaban J connectivity index is 3.70. The quantitative estimate of drug-likeness (QED) is 0.381. The minimum absolute atomic E-state index is 0.109. The molecule has 4 heteroatoms. The maximum absolute atomic E-state index is 11.4. The Morgan fingerprint density at radius 3 is 2.31 bits per heavy atom. The second kappa shape index (κ2) is 8.95. The van der Waals surface area contributed by atoms with Crippen LogP contribution in [0.1, 0.15) is 40.0 Å². The second-order valence-electron chi connectivity index (χ2n) is 3.51. The summed E-state index contributed by atoms with van der Waals surface area (Å²) in [5.74, 6) is -0.713. The van der Waals surface area contributed by atoms with Gasteiger partial charge in [-0.05, 0) is 13.3 Å². The average molecular weight is 228 g/mol. The van der Waals surface area contributed by atoms with Crippen molar-refractivity contribution in [2.75, 3.05) is 13.2 Å². The van der Waals surface area contributed by atoms with Gasteiger partial charge in [0, 0.05) is 12.5 Å². The fourth-order valence-corrected chi connectivity index (χ4v) is 1.04. The van der Waals surface area contributed by atoms with Gasteiger partial charge in [0.1, 0.15) is 13.2 Å². The number of esters is 2. The van der Waals surface area contributed by atoms with Crippen LogP contribution in [-0.4, -0.2) is 25.2 Å². The number of ether oxygens (including phenoxy) is 2. The molecule has 0 bridgehead atoms. The standard InChI is InChI=1S/C12H20O4/c1-4-5-6-7-10(2)12(14)16-9-8-15-11(3)13/h7H,4-6,8-9H2,1-3H3. The molecule has 0 spiro atoms. The third kappa shape index (κ3) is 8.03. The molecule has 92 valence electrons. The molecular formula is C12H20O4. The zero-order chi connectivity index (χ0) is 12.4. The maximum Gasteiger partial charge on any atom is 0.333 e. The van der Waals surface area contributed by atoms with Gasteiger partial charge in [0.05, 0.1) is 0 Å². The SMILES string of the molecule is CCCCC=C(C)C(=O)OCCOC(C)=O. The van der Waals surface area contributed by atoms with Crippen molar-refractivity contribution in [3.63, 3.8) is 0 Å². The molecule has 0 N–H and O–H groups in total. The van der Waals surface area contributed by atoms with E-state index in [0.717, 1.165) is 19.3 Å². The second-order valence-corrected chi connectivity index (χ2v) is 3.51. The summed E-state index contributed by atoms with van der Waals surface area (Å²) in [4.78, 5) is 21.8. The van der Waals surface area contributed by atoms with Crippen LogP contribution in [0, 0.1) is 0 Å². The highest BCUT2D eigenvalue weighted by atomic mass is 16.6. The van der Waals surface area contributed by atoms with E-state index in [2.05, 4.69) is 11.7 Å². The Morgan fingerprint density at radius 1 is 1.12 bits per heavy atom. The fraction of sp³-hybridized carbons (Fsp3) is 0.667. The molecule has 0 saturated heterocycles. The Morgan fingerprint density at radius 2 is 1.75 bits per heavy atom. The lowest BCUT2D eigenvalue weighted by atomic mass is 10.2. The fourth-order valence-electron chi connectivity index (χ4n) is 1.04. The molecular weight excluding hydrogens is 208 g/mol. The number of carbonyl (C=O) groups is 2. The minimum Gasteiger partial charge on any atom is -0.462 e. The summed E-state index contributed by atoms with van der Waals surface area (Å²) in [6.07, 6.45) is 4.93. The lowest BCUT2D eigenvalue weighted by Crippen LogP contribution is -2.12. The first-order valence-electron chi connectivity index (χ1n) is 5.55. The largest absolute Gasteiger partial charge is 0.462 e. The van der Waals surface area contributed by atoms with Crippen LogP contribution in [0.3, 0.4) is 0 Å². The minimum atomic E-state index is -0.369. The Labute approximate surface area is 96.6 Å². The molecule has 0 atom stereocenters. The molecule has 0 amide bonds. The highest BCUT2D eigenvalue weighted by Gasteiger charge is 2.05. The first-order chi connectivity index (χ1) is 7.57. The molecule has 0 radical (unpaired) electrons. The zero-order valence-electron chi connectivity index (χ0n) is 10.2. The van der Waals surface area contributed by atoms with E-state index in [0.29, 0.717) is 5.57 Å². The predicted molar refractivity (Wildman–Crippen MR) is 60.9 cm³/mol. The van der Waals surface area contributed by atoms with Crippen molar-refractivity contribution in [2.45, 2.75) is 40.0 Å². The summed E-state index contributed by atoms with van der Waals surface area (Å²) < 4.78 is 9.54. The molecule has 0 heterocycles. The van der Waals surface area contributed by atoms with Crippen LogP contribution >= 0.6 is 0 Å². The van der Waals surface area contributed by atoms with Gasteiger partial charge in [0.25, 0.3) is 0 Å². The van der Waals surface area contributed by atoms with E-state index >= 15 is 0 Å². The highest BCUT2D eigenvalue weighted by molar-refractivity contribution is 5.87. The van der Waals surface area contributed by atoms with E-state index in [1.165, 1.54) is 6.92 Å². The first-order valence-corrected chi connectivity index (χ1v) is 5.55. The Bertz CT molecular complexity index is 256. The van der Waals surface area contributed by atoms with Crippen molar-refractivity contribution in [1.82, 2.24) is 0 Å². The van der Waals surface area contributed by atoms with Crippen LogP contribution in [0.4, 0.5) is 0 Å². The van der Waals surface area contributed by atoms with Crippen molar-refractivity contribution >= 4 is 11.9 Å². The zero-order valence-corrected chi connectivity index (χ0v) is 10.2. The molecule has 16 heavy (non-hydrogen) atoms. The van der Waals surface area contributed by atoms with Crippen LogP contribution in [0.2, 0.25) is 0 Å². The van der Waals surface area contributed by atoms with Crippen molar-refractivity contribution < 1.29 is 19.1 Å². The number of carbonyl (C=O) groups excluding carboxylic acids is 2. The number of unbranched alkanes of at least 4 members (excludes halogenated alkanes) is 2. The summed E-state index contributed by atoms with van der Waals surface area (Å²) in [5, 5.41) is 0. The van der Waals surface area contributed by atoms with Crippen LogP contribution < -0.4 is 0 Å². The van der Waals surface area contributed by atoms with E-state index in [1.807, 2.05) is 6.08 Å². The van der Waals surface area contributed by atoms with E-state index in [-0.39, 0.29) is 25.2 Å². The Kier molecular flexibility index (Phi) is 8.21. The van der Waals surface area contributed by atoms with E-state index in [4.69, 9.17) is 4.74 Å². The van der Waals surface area contributed by atoms with Gasteiger partial charge < -0.3 is 9.47 Å². The van der Waals surface area contributed by atoms with E-state index in [1.54, 1.807) is 6.92 Å². The molecule has 0 aromatic heterocycles. The molecule has 0 unspecified atom stereocenters. The molecule has 0 aliphatic carbocycles. The lowest BCUT2D eigenvalue weighted by molar-refractivity contribution is -0.148. The molecule has 0 saturated carbocycles. The first kappa shape index (κ1) is 14.7. The average Bonchev–Trinajstić information content (AvgIpc) is 2.24. The smallest absolute Gasteiger partial charge is 0.333 e. The van der Waals surface area contributed by atoms with Crippen molar-refractivity contribution in [2.24, 2.45) is 0 Å². The topological polar surface area (TPSA) is 52.6 Å². The van der Waals surface area contributed by atoms with E-state index in [9.17, 15) is 9.59 Å². The maximum atomic E-state index is 11.4. The third-order valence-electron chi connectivity index (χ3n) is 1.95. The summed E-state index contributed by atoms with van der Waals surface area (Å²) in [5.41, 5.74) is 0.608. The molecule has 0 fully saturated rings. The van der Waals surface area contributed by atoms with Crippen LogP contribution in [0.25, 0.3) is 0 Å². The summed E-state index contributed by atoms with van der Waals surface area (Å²) >= 11 is 0. The van der Waals surface area contributed by atoms with Crippen LogP contribution in [0.5, 0.6) is 0 Å². The van der Waals surface area contributed by atoms with Crippen molar-refractivity contribution in [3.05, 3.63) is 11.6 Å². The van der Waals surface area contributed by atoms with Gasteiger partial charge in [0.15, 0.2) is 0 Å². The molecule has 0 aromatic rings. The van der Waals surface area contributed by atoms with Gasteiger partial charge in [-0.25, -0.2) is 4.79 Å². The molecule has 0 aliphatic heterocycles. The molecule has 0 aromatic carbocycles. The predicted octanol–water partition coefficient (Wildman–Crippen LogP) is 2.23. The molecule has 0 aliphatic rings. The van der Waals surface area contributed by atoms with Crippen LogP contribution in [-0.2, 0) is 19.1 Å². The van der Waals surface area contributed by atoms with Crippen LogP contribution in [0.15, 0.2) is 11.6 Å². The lowest BCUT2D eigenvalue weighted by Gasteiger charge is -2.05. The normalized spacial score (nSPS) is 11.1. The van der Waals surface area contributed by atoms with Gasteiger partial charge in [-0.2, -0.15) is 0 Å². The van der Waals surface area contributed by atoms with Crippen molar-refractivity contribution in [1.29, 1.82) is 0 Å². The Hall–Kier alpha value is -1.32. The summed E-state index contributed by atoms with van der Waals surface area (Å²) in [7, 11) is 0. The third-order valence-corrected chi connectivity index (χ3v) is 1.95. The van der Waals surface area contributed by atoms with Crippen molar-refractivity contribution in [3.8, 4) is 0 Å². The number of rotatable bonds is 7. The number of hydrogen-bond donors (Lipinski definition) is 0. The molecule has 4 nitrogen and oxygen atoms in total. The van der Waals surface area contributed by atoms with Gasteiger partial charge in [-0.15, -0.1) is 0 Å². The van der Waals surface area contributed by atoms with Gasteiger partial charge in [0.2, 0.25) is 0 Å². The molecule has 0 rings (SSSR count). The van der Waals surface area contributed by atoms with Gasteiger partial charge in [-0.3, -0.25) is 4.79 Å². The summed E-state index contributed by atoms with van der Waals surface area (Å²) in [6.45, 7) is 5.36. The number of allylic oxidation sites excluding steroid dienone is 1. The number of hydrogen-bond acceptors (Lipinski definition) is 4. The summed E-state index contributed by atoms with van der Waals surface area (Å²) in [6, 6.07) is 0. The highest BCUT2D eigenvalue weighted by Crippen LogP contribution is 2.02. The van der Waals surface area contributed by atoms with Gasteiger partial charge >= 0.3 is 11.9 Å².